The summed E-state index contributed by atoms with van der Waals surface area (Å²) in [6, 6.07) is 2.32. The van der Waals surface area contributed by atoms with Crippen LogP contribution in [0.25, 0.3) is 0 Å². The summed E-state index contributed by atoms with van der Waals surface area (Å²) < 4.78 is 38.7. The smallest absolute Gasteiger partial charge is 0.380 e. The first-order chi connectivity index (χ1) is 8.88. The molecule has 2 aromatic heterocycles. The average molecular weight is 270 g/mol. The molecule has 0 spiro atoms. The molecule has 0 bridgehead atoms. The number of hydrogen-bond acceptors (Lipinski definition) is 3. The van der Waals surface area contributed by atoms with Crippen LogP contribution >= 0.6 is 0 Å². The normalized spacial score (nSPS) is 11.6. The van der Waals surface area contributed by atoms with E-state index in [1.807, 2.05) is 14.0 Å². The maximum Gasteiger partial charge on any atom is 0.433 e. The van der Waals surface area contributed by atoms with Crippen molar-refractivity contribution in [2.45, 2.75) is 19.6 Å². The van der Waals surface area contributed by atoms with Crippen molar-refractivity contribution in [1.82, 2.24) is 14.8 Å². The van der Waals surface area contributed by atoms with Crippen molar-refractivity contribution in [3.8, 4) is 0 Å². The molecular weight excluding hydrogens is 257 g/mol. The molecule has 0 saturated carbocycles. The van der Waals surface area contributed by atoms with Gasteiger partial charge in [-0.1, -0.05) is 0 Å². The number of aryl methyl sites for hydroxylation is 1. The molecule has 0 aliphatic carbocycles. The molecule has 2 heterocycles. The molecular formula is C12H13F3N4. The molecule has 0 aromatic carbocycles. The second kappa shape index (κ2) is 4.91. The first-order valence-corrected chi connectivity index (χ1v) is 5.62. The van der Waals surface area contributed by atoms with E-state index in [-0.39, 0.29) is 0 Å². The van der Waals surface area contributed by atoms with Gasteiger partial charge in [-0.2, -0.15) is 18.3 Å². The van der Waals surface area contributed by atoms with Crippen LogP contribution in [0, 0.1) is 6.92 Å². The van der Waals surface area contributed by atoms with E-state index < -0.39 is 11.9 Å². The molecule has 0 unspecified atom stereocenters. The van der Waals surface area contributed by atoms with Gasteiger partial charge < -0.3 is 5.32 Å². The van der Waals surface area contributed by atoms with Crippen LogP contribution in [0.5, 0.6) is 0 Å². The Hall–Kier alpha value is -2.05. The molecule has 0 atom stereocenters. The lowest BCUT2D eigenvalue weighted by Crippen LogP contribution is -2.08. The average Bonchev–Trinajstić information content (AvgIpc) is 2.67. The van der Waals surface area contributed by atoms with E-state index >= 15 is 0 Å². The lowest BCUT2D eigenvalue weighted by molar-refractivity contribution is -0.141. The number of pyridine rings is 1. The second-order valence-electron chi connectivity index (χ2n) is 4.16. The first kappa shape index (κ1) is 13.4. The highest BCUT2D eigenvalue weighted by Gasteiger charge is 2.31. The predicted octanol–water partition coefficient (Wildman–Crippen LogP) is 2.75. The number of alkyl halides is 3. The third kappa shape index (κ3) is 3.04. The fourth-order valence-corrected chi connectivity index (χ4v) is 1.58. The quantitative estimate of drug-likeness (QED) is 0.932. The van der Waals surface area contributed by atoms with Crippen molar-refractivity contribution in [2.24, 2.45) is 7.05 Å². The number of anilines is 1. The number of halogens is 3. The zero-order chi connectivity index (χ0) is 14.0. The minimum absolute atomic E-state index is 0.493. The number of nitrogens with one attached hydrogen (secondary N) is 1. The lowest BCUT2D eigenvalue weighted by Gasteiger charge is -2.08. The molecule has 7 heteroatoms. The van der Waals surface area contributed by atoms with Crippen LogP contribution < -0.4 is 5.32 Å². The van der Waals surface area contributed by atoms with Gasteiger partial charge in [-0.25, -0.2) is 4.98 Å². The Morgan fingerprint density at radius 2 is 2.00 bits per heavy atom. The Kier molecular flexibility index (Phi) is 3.46. The molecule has 2 aromatic rings. The van der Waals surface area contributed by atoms with Crippen LogP contribution in [0.1, 0.15) is 17.0 Å². The molecule has 19 heavy (non-hydrogen) atoms. The van der Waals surface area contributed by atoms with Gasteiger partial charge in [-0.15, -0.1) is 0 Å². The van der Waals surface area contributed by atoms with Crippen LogP contribution in [0.3, 0.4) is 0 Å². The van der Waals surface area contributed by atoms with Crippen LogP contribution in [0.4, 0.5) is 18.9 Å². The number of rotatable bonds is 3. The molecule has 0 aliphatic rings. The van der Waals surface area contributed by atoms with Crippen molar-refractivity contribution < 1.29 is 13.2 Å². The summed E-state index contributed by atoms with van der Waals surface area (Å²) in [7, 11) is 1.83. The minimum atomic E-state index is -4.40. The van der Waals surface area contributed by atoms with E-state index in [1.54, 1.807) is 10.9 Å². The summed E-state index contributed by atoms with van der Waals surface area (Å²) in [5, 5.41) is 7.10. The Morgan fingerprint density at radius 3 is 2.47 bits per heavy atom. The van der Waals surface area contributed by atoms with Gasteiger partial charge in [0.25, 0.3) is 0 Å². The maximum absolute atomic E-state index is 12.3. The highest BCUT2D eigenvalue weighted by atomic mass is 19.4. The van der Waals surface area contributed by atoms with Crippen LogP contribution in [0.15, 0.2) is 24.5 Å². The third-order valence-corrected chi connectivity index (χ3v) is 2.87. The van der Waals surface area contributed by atoms with Gasteiger partial charge in [-0.3, -0.25) is 4.68 Å². The standard InChI is InChI=1S/C12H13F3N4/c1-8-9(6-18-19(8)2)5-16-10-3-4-11(17-7-10)12(13,14)15/h3-4,6-7,16H,5H2,1-2H3. The van der Waals surface area contributed by atoms with Crippen LogP contribution in [-0.2, 0) is 19.8 Å². The van der Waals surface area contributed by atoms with E-state index in [1.165, 1.54) is 12.3 Å². The molecule has 0 radical (unpaired) electrons. The van der Waals surface area contributed by atoms with Gasteiger partial charge in [0, 0.05) is 24.8 Å². The van der Waals surface area contributed by atoms with Gasteiger partial charge in [0.15, 0.2) is 0 Å². The maximum atomic E-state index is 12.3. The molecule has 0 amide bonds. The minimum Gasteiger partial charge on any atom is -0.380 e. The van der Waals surface area contributed by atoms with Crippen molar-refractivity contribution in [3.05, 3.63) is 41.5 Å². The molecule has 1 N–H and O–H groups in total. The summed E-state index contributed by atoms with van der Waals surface area (Å²) in [5.41, 5.74) is 1.64. The van der Waals surface area contributed by atoms with Gasteiger partial charge in [0.05, 0.1) is 18.1 Å². The molecule has 4 nitrogen and oxygen atoms in total. The fourth-order valence-electron chi connectivity index (χ4n) is 1.58. The lowest BCUT2D eigenvalue weighted by atomic mass is 10.2. The first-order valence-electron chi connectivity index (χ1n) is 5.62. The van der Waals surface area contributed by atoms with Crippen LogP contribution in [0.2, 0.25) is 0 Å². The monoisotopic (exact) mass is 270 g/mol. The highest BCUT2D eigenvalue weighted by Crippen LogP contribution is 2.27. The zero-order valence-electron chi connectivity index (χ0n) is 10.5. The summed E-state index contributed by atoms with van der Waals surface area (Å²) >= 11 is 0. The van der Waals surface area contributed by atoms with Gasteiger partial charge >= 0.3 is 6.18 Å². The number of hydrogen-bond donors (Lipinski definition) is 1. The molecule has 0 fully saturated rings. The summed E-state index contributed by atoms with van der Waals surface area (Å²) in [5.74, 6) is 0. The molecule has 0 saturated heterocycles. The molecule has 102 valence electrons. The molecule has 0 aliphatic heterocycles. The number of aromatic nitrogens is 3. The number of nitrogens with zero attached hydrogens (tertiary/aromatic N) is 3. The van der Waals surface area contributed by atoms with E-state index in [4.69, 9.17) is 0 Å². The third-order valence-electron chi connectivity index (χ3n) is 2.87. The van der Waals surface area contributed by atoms with Gasteiger partial charge in [0.1, 0.15) is 5.69 Å². The predicted molar refractivity (Wildman–Crippen MR) is 64.5 cm³/mol. The topological polar surface area (TPSA) is 42.7 Å². The summed E-state index contributed by atoms with van der Waals surface area (Å²) in [6.45, 7) is 2.42. The Bertz CT molecular complexity index is 557. The van der Waals surface area contributed by atoms with E-state index in [0.717, 1.165) is 17.3 Å². The van der Waals surface area contributed by atoms with Crippen molar-refractivity contribution in [2.75, 3.05) is 5.32 Å². The van der Waals surface area contributed by atoms with Crippen LogP contribution in [-0.4, -0.2) is 14.8 Å². The van der Waals surface area contributed by atoms with E-state index in [0.29, 0.717) is 12.2 Å². The highest BCUT2D eigenvalue weighted by molar-refractivity contribution is 5.42. The van der Waals surface area contributed by atoms with Crippen molar-refractivity contribution >= 4 is 5.69 Å². The SMILES string of the molecule is Cc1c(CNc2ccc(C(F)(F)F)nc2)cnn1C. The van der Waals surface area contributed by atoms with E-state index in [9.17, 15) is 13.2 Å². The van der Waals surface area contributed by atoms with Gasteiger partial charge in [0.2, 0.25) is 0 Å². The van der Waals surface area contributed by atoms with E-state index in [2.05, 4.69) is 15.4 Å². The Morgan fingerprint density at radius 1 is 1.26 bits per heavy atom. The van der Waals surface area contributed by atoms with Gasteiger partial charge in [-0.05, 0) is 19.1 Å². The summed E-state index contributed by atoms with van der Waals surface area (Å²) in [4.78, 5) is 3.38. The molecule has 2 rings (SSSR count). The van der Waals surface area contributed by atoms with Crippen molar-refractivity contribution in [3.63, 3.8) is 0 Å². The van der Waals surface area contributed by atoms with Crippen molar-refractivity contribution in [1.29, 1.82) is 0 Å². The largest absolute Gasteiger partial charge is 0.433 e. The fraction of sp³-hybridized carbons (Fsp3) is 0.333. The Labute approximate surface area is 108 Å². The second-order valence-corrected chi connectivity index (χ2v) is 4.16. The zero-order valence-corrected chi connectivity index (χ0v) is 10.5. The summed E-state index contributed by atoms with van der Waals surface area (Å²) in [6.07, 6.45) is -1.51. The Balaban J connectivity index is 2.03.